The molecule has 0 saturated heterocycles. The van der Waals surface area contributed by atoms with Gasteiger partial charge in [-0.25, -0.2) is 4.79 Å². The minimum Gasteiger partial charge on any atom is -0.452 e. The van der Waals surface area contributed by atoms with Crippen LogP contribution in [0, 0.1) is 6.92 Å². The van der Waals surface area contributed by atoms with Crippen LogP contribution in [-0.2, 0) is 0 Å². The van der Waals surface area contributed by atoms with Gasteiger partial charge >= 0.3 is 5.97 Å². The van der Waals surface area contributed by atoms with E-state index >= 15 is 0 Å². The summed E-state index contributed by atoms with van der Waals surface area (Å²) >= 11 is 0. The van der Waals surface area contributed by atoms with Gasteiger partial charge in [0.15, 0.2) is 5.76 Å². The molecule has 1 aromatic heterocycles. The SMILES string of the molecule is CCN(CC)c1ccc(/C=C2\Oc3cc(OC(=O)c4cccnc4)cc(C)c3C2=O)cc1. The monoisotopic (exact) mass is 428 g/mol. The molecule has 0 atom stereocenters. The Balaban J connectivity index is 1.55. The van der Waals surface area contributed by atoms with Crippen molar-refractivity contribution in [2.75, 3.05) is 18.0 Å². The first-order valence-electron chi connectivity index (χ1n) is 10.6. The highest BCUT2D eigenvalue weighted by Gasteiger charge is 2.30. The minimum atomic E-state index is -0.522. The molecule has 0 unspecified atom stereocenters. The summed E-state index contributed by atoms with van der Waals surface area (Å²) in [4.78, 5) is 31.4. The van der Waals surface area contributed by atoms with Crippen molar-refractivity contribution in [3.63, 3.8) is 0 Å². The predicted molar refractivity (Wildman–Crippen MR) is 123 cm³/mol. The van der Waals surface area contributed by atoms with Crippen LogP contribution < -0.4 is 14.4 Å². The summed E-state index contributed by atoms with van der Waals surface area (Å²) in [5, 5.41) is 0. The Hall–Kier alpha value is -3.93. The summed E-state index contributed by atoms with van der Waals surface area (Å²) in [7, 11) is 0. The summed E-state index contributed by atoms with van der Waals surface area (Å²) in [6, 6.07) is 14.5. The van der Waals surface area contributed by atoms with E-state index in [1.165, 1.54) is 6.20 Å². The summed E-state index contributed by atoms with van der Waals surface area (Å²) in [5.74, 6) is 0.235. The van der Waals surface area contributed by atoms with E-state index in [2.05, 4.69) is 23.7 Å². The van der Waals surface area contributed by atoms with Gasteiger partial charge in [0.05, 0.1) is 11.1 Å². The lowest BCUT2D eigenvalue weighted by Crippen LogP contribution is -2.21. The van der Waals surface area contributed by atoms with E-state index in [1.54, 1.807) is 43.5 Å². The van der Waals surface area contributed by atoms with Crippen LogP contribution in [0.5, 0.6) is 11.5 Å². The first-order valence-corrected chi connectivity index (χ1v) is 10.6. The second-order valence-electron chi connectivity index (χ2n) is 7.45. The number of allylic oxidation sites excluding steroid dienone is 1. The zero-order chi connectivity index (χ0) is 22.7. The van der Waals surface area contributed by atoms with Gasteiger partial charge in [-0.3, -0.25) is 9.78 Å². The van der Waals surface area contributed by atoms with Crippen molar-refractivity contribution < 1.29 is 19.1 Å². The quantitative estimate of drug-likeness (QED) is 0.310. The maximum absolute atomic E-state index is 12.9. The van der Waals surface area contributed by atoms with Gasteiger partial charge in [0, 0.05) is 37.2 Å². The van der Waals surface area contributed by atoms with Crippen molar-refractivity contribution in [3.8, 4) is 11.5 Å². The standard InChI is InChI=1S/C26H24N2O4/c1-4-28(5-2)20-10-8-18(9-11-20)14-23-25(29)24-17(3)13-21(15-22(24)32-23)31-26(30)19-7-6-12-27-16-19/h6-16H,4-5H2,1-3H3/b23-14-. The molecule has 2 aromatic carbocycles. The van der Waals surface area contributed by atoms with Crippen LogP contribution in [0.2, 0.25) is 0 Å². The van der Waals surface area contributed by atoms with E-state index in [0.717, 1.165) is 24.3 Å². The number of carbonyl (C=O) groups excluding carboxylic acids is 2. The van der Waals surface area contributed by atoms with E-state index in [-0.39, 0.29) is 11.5 Å². The average Bonchev–Trinajstić information content (AvgIpc) is 3.11. The Labute approximate surface area is 187 Å². The lowest BCUT2D eigenvalue weighted by molar-refractivity contribution is 0.0734. The summed E-state index contributed by atoms with van der Waals surface area (Å²) in [6.45, 7) is 7.89. The molecule has 6 heteroatoms. The van der Waals surface area contributed by atoms with E-state index in [1.807, 2.05) is 24.3 Å². The highest BCUT2D eigenvalue weighted by atomic mass is 16.5. The molecule has 0 radical (unpaired) electrons. The molecule has 0 N–H and O–H groups in total. The number of rotatable bonds is 6. The van der Waals surface area contributed by atoms with Gasteiger partial charge in [-0.2, -0.15) is 0 Å². The summed E-state index contributed by atoms with van der Waals surface area (Å²) in [5.41, 5.74) is 3.52. The van der Waals surface area contributed by atoms with Gasteiger partial charge in [0.2, 0.25) is 5.78 Å². The first-order chi connectivity index (χ1) is 15.5. The molecule has 0 aliphatic carbocycles. The van der Waals surface area contributed by atoms with E-state index < -0.39 is 5.97 Å². The zero-order valence-electron chi connectivity index (χ0n) is 18.3. The molecule has 6 nitrogen and oxygen atoms in total. The molecule has 3 aromatic rings. The Kier molecular flexibility index (Phi) is 6.03. The molecule has 1 aliphatic rings. The topological polar surface area (TPSA) is 68.7 Å². The third kappa shape index (κ3) is 4.25. The molecule has 0 amide bonds. The Morgan fingerprint density at radius 1 is 1.12 bits per heavy atom. The van der Waals surface area contributed by atoms with Crippen LogP contribution in [-0.4, -0.2) is 29.8 Å². The number of aromatic nitrogens is 1. The van der Waals surface area contributed by atoms with E-state index in [4.69, 9.17) is 9.47 Å². The fourth-order valence-electron chi connectivity index (χ4n) is 3.71. The van der Waals surface area contributed by atoms with Crippen LogP contribution in [0.4, 0.5) is 5.69 Å². The molecular weight excluding hydrogens is 404 g/mol. The fourth-order valence-corrected chi connectivity index (χ4v) is 3.71. The molecule has 0 spiro atoms. The second-order valence-corrected chi connectivity index (χ2v) is 7.45. The van der Waals surface area contributed by atoms with Crippen molar-refractivity contribution in [1.29, 1.82) is 0 Å². The molecule has 1 aliphatic heterocycles. The van der Waals surface area contributed by atoms with Crippen LogP contribution >= 0.6 is 0 Å². The van der Waals surface area contributed by atoms with Gasteiger partial charge in [0.1, 0.15) is 11.5 Å². The smallest absolute Gasteiger partial charge is 0.345 e. The van der Waals surface area contributed by atoms with Crippen molar-refractivity contribution in [2.24, 2.45) is 0 Å². The second kappa shape index (κ2) is 9.06. The lowest BCUT2D eigenvalue weighted by atomic mass is 10.0. The third-order valence-electron chi connectivity index (χ3n) is 5.37. The first kappa shape index (κ1) is 21.3. The Bertz CT molecular complexity index is 1180. The van der Waals surface area contributed by atoms with Gasteiger partial charge in [-0.15, -0.1) is 0 Å². The van der Waals surface area contributed by atoms with Gasteiger partial charge in [-0.05, 0) is 68.3 Å². The number of hydrogen-bond acceptors (Lipinski definition) is 6. The van der Waals surface area contributed by atoms with Crippen LogP contribution in [0.15, 0.2) is 66.7 Å². The van der Waals surface area contributed by atoms with Crippen molar-refractivity contribution in [2.45, 2.75) is 20.8 Å². The number of aryl methyl sites for hydroxylation is 1. The summed E-state index contributed by atoms with van der Waals surface area (Å²) < 4.78 is 11.3. The molecule has 2 heterocycles. The zero-order valence-corrected chi connectivity index (χ0v) is 18.3. The number of anilines is 1. The fraction of sp³-hybridized carbons (Fsp3) is 0.192. The number of pyridine rings is 1. The van der Waals surface area contributed by atoms with Gasteiger partial charge in [-0.1, -0.05) is 12.1 Å². The number of benzene rings is 2. The van der Waals surface area contributed by atoms with Crippen molar-refractivity contribution >= 4 is 23.5 Å². The lowest BCUT2D eigenvalue weighted by Gasteiger charge is -2.20. The Morgan fingerprint density at radius 3 is 2.53 bits per heavy atom. The van der Waals surface area contributed by atoms with Crippen LogP contribution in [0.25, 0.3) is 6.08 Å². The molecular formula is C26H24N2O4. The molecule has 0 bridgehead atoms. The minimum absolute atomic E-state index is 0.185. The molecule has 4 rings (SSSR count). The van der Waals surface area contributed by atoms with Crippen molar-refractivity contribution in [1.82, 2.24) is 4.98 Å². The average molecular weight is 428 g/mol. The number of carbonyl (C=O) groups is 2. The predicted octanol–water partition coefficient (Wildman–Crippen LogP) is 5.07. The highest BCUT2D eigenvalue weighted by Crippen LogP contribution is 2.37. The van der Waals surface area contributed by atoms with Crippen molar-refractivity contribution in [3.05, 3.63) is 88.9 Å². The van der Waals surface area contributed by atoms with Gasteiger partial charge < -0.3 is 14.4 Å². The number of esters is 1. The molecule has 162 valence electrons. The van der Waals surface area contributed by atoms with E-state index in [0.29, 0.717) is 28.2 Å². The third-order valence-corrected chi connectivity index (χ3v) is 5.37. The van der Waals surface area contributed by atoms with Gasteiger partial charge in [0.25, 0.3) is 0 Å². The maximum atomic E-state index is 12.9. The van der Waals surface area contributed by atoms with Crippen LogP contribution in [0.1, 0.15) is 45.7 Å². The number of nitrogens with zero attached hydrogens (tertiary/aromatic N) is 2. The number of hydrogen-bond donors (Lipinski definition) is 0. The van der Waals surface area contributed by atoms with Crippen LogP contribution in [0.3, 0.4) is 0 Å². The largest absolute Gasteiger partial charge is 0.452 e. The molecule has 0 saturated carbocycles. The highest BCUT2D eigenvalue weighted by molar-refractivity contribution is 6.15. The number of ether oxygens (including phenoxy) is 2. The maximum Gasteiger partial charge on any atom is 0.345 e. The number of Topliss-reactive ketones (excluding diaryl/α,β-unsaturated/α-hetero) is 1. The number of ketones is 1. The number of fused-ring (bicyclic) bond motifs is 1. The Morgan fingerprint density at radius 2 is 1.88 bits per heavy atom. The summed E-state index contributed by atoms with van der Waals surface area (Å²) in [6.07, 6.45) is 4.75. The van der Waals surface area contributed by atoms with E-state index in [9.17, 15) is 9.59 Å². The molecule has 32 heavy (non-hydrogen) atoms. The normalized spacial score (nSPS) is 13.6. The molecule has 0 fully saturated rings.